The van der Waals surface area contributed by atoms with Crippen molar-refractivity contribution in [2.24, 2.45) is 0 Å². The van der Waals surface area contributed by atoms with Crippen molar-refractivity contribution in [1.29, 1.82) is 0 Å². The Labute approximate surface area is 428 Å². The Kier molecular flexibility index (Phi) is 755. The van der Waals surface area contributed by atoms with Gasteiger partial charge in [0.2, 0.25) is 0 Å². The molecule has 0 fully saturated rings. The van der Waals surface area contributed by atoms with E-state index in [1.54, 1.807) is 0 Å². The Morgan fingerprint density at radius 3 is 0.0667 bits per heavy atom. The third-order valence-corrected chi connectivity index (χ3v) is 0. The quantitative estimate of drug-likeness (QED) is 0.384. The maximum atomic E-state index is 0. The van der Waals surface area contributed by atoms with E-state index in [0.29, 0.717) is 0 Å². The first-order chi connectivity index (χ1) is 0. The van der Waals surface area contributed by atoms with Gasteiger partial charge in [0.25, 0.3) is 0 Å². The summed E-state index contributed by atoms with van der Waals surface area (Å²) >= 11 is 0. The third-order valence-electron chi connectivity index (χ3n) is 0. The molecule has 0 heterocycles. The van der Waals surface area contributed by atoms with E-state index >= 15 is 0 Å². The Balaban J connectivity index is 0. The summed E-state index contributed by atoms with van der Waals surface area (Å²) in [6.07, 6.45) is 0. The largest absolute Gasteiger partial charge is 0 e. The Hall–Kier alpha value is 15.0. The van der Waals surface area contributed by atoms with Crippen LogP contribution in [0.4, 0.5) is 0 Å². The van der Waals surface area contributed by atoms with E-state index in [4.69, 9.17) is 0 Å². The molecular formula is Na15. The molecule has 0 aromatic carbocycles. The third kappa shape index (κ3) is 94.0. The maximum absolute atomic E-state index is 0. The fourth-order valence-electron chi connectivity index (χ4n) is 0. The summed E-state index contributed by atoms with van der Waals surface area (Å²) < 4.78 is 0. The Bertz CT molecular complexity index is 0. The smallest absolute Gasteiger partial charge is 0 e. The molecule has 0 nitrogen and oxygen atoms in total. The van der Waals surface area contributed by atoms with Crippen LogP contribution < -0.4 is 0 Å². The summed E-state index contributed by atoms with van der Waals surface area (Å²) in [5.74, 6) is 0. The van der Waals surface area contributed by atoms with Gasteiger partial charge in [0.1, 0.15) is 0 Å². The van der Waals surface area contributed by atoms with Crippen LogP contribution in [0, 0.1) is 0 Å². The first-order valence-electron chi connectivity index (χ1n) is 0. The molecule has 0 spiro atoms. The summed E-state index contributed by atoms with van der Waals surface area (Å²) in [6.45, 7) is 0. The van der Waals surface area contributed by atoms with Gasteiger partial charge in [-0.2, -0.15) is 0 Å². The van der Waals surface area contributed by atoms with Gasteiger partial charge in [-0.3, -0.25) is 0 Å². The molecular weight excluding hydrogens is 345 g/mol. The molecule has 0 atom stereocenters. The average molecular weight is 345 g/mol. The van der Waals surface area contributed by atoms with Gasteiger partial charge in [-0.1, -0.05) is 0 Å². The summed E-state index contributed by atoms with van der Waals surface area (Å²) in [7, 11) is 0. The van der Waals surface area contributed by atoms with E-state index in [9.17, 15) is 0 Å². The summed E-state index contributed by atoms with van der Waals surface area (Å²) in [4.78, 5) is 0. The molecule has 0 aliphatic carbocycles. The second kappa shape index (κ2) is 101. The molecule has 0 aromatic heterocycles. The van der Waals surface area contributed by atoms with Crippen molar-refractivity contribution in [3.8, 4) is 0 Å². The van der Waals surface area contributed by atoms with Crippen LogP contribution >= 0.6 is 0 Å². The van der Waals surface area contributed by atoms with Crippen molar-refractivity contribution in [3.63, 3.8) is 0 Å². The molecule has 0 amide bonds. The van der Waals surface area contributed by atoms with Crippen LogP contribution in [0.2, 0.25) is 0 Å². The van der Waals surface area contributed by atoms with Gasteiger partial charge in [0.15, 0.2) is 0 Å². The molecule has 15 heteroatoms. The first kappa shape index (κ1) is 112. The second-order valence-electron chi connectivity index (χ2n) is 0. The summed E-state index contributed by atoms with van der Waals surface area (Å²) in [6, 6.07) is 0. The van der Waals surface area contributed by atoms with Crippen molar-refractivity contribution < 1.29 is 0 Å². The van der Waals surface area contributed by atoms with Gasteiger partial charge in [-0.25, -0.2) is 0 Å². The predicted molar refractivity (Wildman–Crippen MR) is 86.3 cm³/mol. The molecule has 15 radical (unpaired) electrons. The zero-order chi connectivity index (χ0) is 0. The number of hydrogen-bond donors (Lipinski definition) is 0. The van der Waals surface area contributed by atoms with Crippen LogP contribution in [0.5, 0.6) is 0 Å². The van der Waals surface area contributed by atoms with Gasteiger partial charge < -0.3 is 0 Å². The van der Waals surface area contributed by atoms with E-state index < -0.39 is 0 Å². The average Bonchev–Trinajstić information content (AvgIpc) is 0. The van der Waals surface area contributed by atoms with Crippen LogP contribution in [-0.4, -0.2) is 443 Å². The zero-order valence-electron chi connectivity index (χ0n) is 15.0. The SMILES string of the molecule is [Na].[Na].[Na].[Na].[Na].[Na].[Na].[Na].[Na].[Na].[Na].[Na].[Na].[Na].[Na]. The van der Waals surface area contributed by atoms with E-state index in [-0.39, 0.29) is 443 Å². The van der Waals surface area contributed by atoms with Crippen LogP contribution in [0.15, 0.2) is 0 Å². The molecule has 15 heavy (non-hydrogen) atoms. The Morgan fingerprint density at radius 2 is 0.0667 bits per heavy atom. The molecule has 0 saturated carbocycles. The minimum Gasteiger partial charge on any atom is 0 e. The van der Waals surface area contributed by atoms with Crippen LogP contribution in [0.3, 0.4) is 0 Å². The van der Waals surface area contributed by atoms with Gasteiger partial charge in [-0.15, -0.1) is 0 Å². The van der Waals surface area contributed by atoms with Gasteiger partial charge >= 0.3 is 0 Å². The summed E-state index contributed by atoms with van der Waals surface area (Å²) in [5.41, 5.74) is 0. The molecule has 0 unspecified atom stereocenters. The van der Waals surface area contributed by atoms with Crippen LogP contribution in [0.25, 0.3) is 0 Å². The zero-order valence-corrected chi connectivity index (χ0v) is 45.0. The monoisotopic (exact) mass is 345 g/mol. The van der Waals surface area contributed by atoms with Crippen LogP contribution in [0.1, 0.15) is 0 Å². The topological polar surface area (TPSA) is 0 Å². The van der Waals surface area contributed by atoms with E-state index in [0.717, 1.165) is 0 Å². The molecule has 0 aliphatic heterocycles. The second-order valence-corrected chi connectivity index (χ2v) is 0. The Morgan fingerprint density at radius 1 is 0.0667 bits per heavy atom. The molecule has 0 N–H and O–H groups in total. The van der Waals surface area contributed by atoms with Crippen molar-refractivity contribution in [1.82, 2.24) is 0 Å². The number of hydrogen-bond acceptors (Lipinski definition) is 0. The van der Waals surface area contributed by atoms with Crippen LogP contribution in [-0.2, 0) is 0 Å². The molecule has 0 bridgehead atoms. The molecule has 15 valence electrons. The predicted octanol–water partition coefficient (Wildman–Crippen LogP) is -5.71. The molecule has 0 rings (SSSR count). The fraction of sp³-hybridized carbons (Fsp3) is 0. The van der Waals surface area contributed by atoms with Gasteiger partial charge in [0, 0.05) is 443 Å². The normalized spacial score (nSPS) is 0. The van der Waals surface area contributed by atoms with Gasteiger partial charge in [0.05, 0.1) is 0 Å². The minimum atomic E-state index is 0. The van der Waals surface area contributed by atoms with Gasteiger partial charge in [-0.05, 0) is 0 Å². The number of rotatable bonds is 0. The van der Waals surface area contributed by atoms with E-state index in [1.165, 1.54) is 0 Å². The van der Waals surface area contributed by atoms with Crippen molar-refractivity contribution in [2.75, 3.05) is 0 Å². The molecule has 0 aromatic rings. The standard InChI is InChI=1S/15Na. The van der Waals surface area contributed by atoms with Crippen molar-refractivity contribution in [2.45, 2.75) is 0 Å². The molecule has 0 aliphatic rings. The fourth-order valence-corrected chi connectivity index (χ4v) is 0. The molecule has 0 saturated heterocycles. The van der Waals surface area contributed by atoms with Crippen molar-refractivity contribution >= 4 is 443 Å². The van der Waals surface area contributed by atoms with Crippen molar-refractivity contribution in [3.05, 3.63) is 0 Å². The maximum Gasteiger partial charge on any atom is 0 e. The first-order valence-corrected chi connectivity index (χ1v) is 0. The van der Waals surface area contributed by atoms with E-state index in [2.05, 4.69) is 0 Å². The minimum absolute atomic E-state index is 0. The summed E-state index contributed by atoms with van der Waals surface area (Å²) in [5, 5.41) is 0. The van der Waals surface area contributed by atoms with E-state index in [1.807, 2.05) is 0 Å².